The normalized spacial score (nSPS) is 10.4. The van der Waals surface area contributed by atoms with Crippen molar-refractivity contribution in [3.8, 4) is 22.3 Å². The third-order valence-corrected chi connectivity index (χ3v) is 4.28. The van der Waals surface area contributed by atoms with Crippen molar-refractivity contribution in [3.05, 3.63) is 109 Å². The first kappa shape index (κ1) is 15.2. The topological polar surface area (TPSA) is 12.0 Å². The van der Waals surface area contributed by atoms with Crippen LogP contribution in [0.1, 0.15) is 0 Å². The van der Waals surface area contributed by atoms with Crippen LogP contribution in [0.15, 0.2) is 109 Å². The molecule has 0 spiro atoms. The molecule has 1 N–H and O–H groups in total. The summed E-state index contributed by atoms with van der Waals surface area (Å²) in [4.78, 5) is 0. The third kappa shape index (κ3) is 3.31. The third-order valence-electron chi connectivity index (χ3n) is 4.28. The van der Waals surface area contributed by atoms with Gasteiger partial charge in [0.15, 0.2) is 0 Å². The molecule has 0 radical (unpaired) electrons. The van der Waals surface area contributed by atoms with Gasteiger partial charge in [0, 0.05) is 16.9 Å². The number of rotatable bonds is 4. The highest BCUT2D eigenvalue weighted by Gasteiger charge is 2.10. The van der Waals surface area contributed by atoms with Crippen LogP contribution in [-0.2, 0) is 0 Å². The van der Waals surface area contributed by atoms with Crippen LogP contribution >= 0.6 is 0 Å². The number of hydrogen-bond donors (Lipinski definition) is 1. The van der Waals surface area contributed by atoms with Crippen molar-refractivity contribution >= 4 is 11.4 Å². The van der Waals surface area contributed by atoms with Crippen molar-refractivity contribution in [1.29, 1.82) is 0 Å². The summed E-state index contributed by atoms with van der Waals surface area (Å²) in [6.45, 7) is 0. The van der Waals surface area contributed by atoms with E-state index in [9.17, 15) is 0 Å². The van der Waals surface area contributed by atoms with Crippen LogP contribution in [0, 0.1) is 0 Å². The Morgan fingerprint density at radius 1 is 0.400 bits per heavy atom. The monoisotopic (exact) mass is 321 g/mol. The number of benzene rings is 4. The fraction of sp³-hybridized carbons (Fsp3) is 0. The Balaban J connectivity index is 1.82. The smallest absolute Gasteiger partial charge is 0.0464 e. The van der Waals surface area contributed by atoms with Gasteiger partial charge in [-0.25, -0.2) is 0 Å². The molecule has 0 bridgehead atoms. The maximum Gasteiger partial charge on any atom is 0.0464 e. The van der Waals surface area contributed by atoms with Gasteiger partial charge >= 0.3 is 0 Å². The first-order valence-electron chi connectivity index (χ1n) is 8.48. The van der Waals surface area contributed by atoms with E-state index in [1.807, 2.05) is 18.2 Å². The lowest BCUT2D eigenvalue weighted by Crippen LogP contribution is -1.94. The van der Waals surface area contributed by atoms with Crippen LogP contribution in [0.2, 0.25) is 0 Å². The van der Waals surface area contributed by atoms with Gasteiger partial charge in [-0.3, -0.25) is 0 Å². The highest BCUT2D eigenvalue weighted by atomic mass is 14.9. The zero-order valence-corrected chi connectivity index (χ0v) is 13.9. The average molecular weight is 321 g/mol. The largest absolute Gasteiger partial charge is 0.355 e. The second-order valence-corrected chi connectivity index (χ2v) is 5.95. The molecule has 0 saturated carbocycles. The van der Waals surface area contributed by atoms with Gasteiger partial charge in [0.25, 0.3) is 0 Å². The van der Waals surface area contributed by atoms with Crippen LogP contribution in [0.25, 0.3) is 22.3 Å². The maximum atomic E-state index is 3.55. The van der Waals surface area contributed by atoms with Gasteiger partial charge in [0.2, 0.25) is 0 Å². The van der Waals surface area contributed by atoms with Crippen LogP contribution in [0.3, 0.4) is 0 Å². The van der Waals surface area contributed by atoms with Crippen LogP contribution in [0.5, 0.6) is 0 Å². The van der Waals surface area contributed by atoms with Crippen molar-refractivity contribution in [1.82, 2.24) is 0 Å². The minimum absolute atomic E-state index is 1.09. The molecular formula is C24H19N. The van der Waals surface area contributed by atoms with Gasteiger partial charge < -0.3 is 5.32 Å². The van der Waals surface area contributed by atoms with E-state index in [4.69, 9.17) is 0 Å². The first-order chi connectivity index (χ1) is 12.4. The van der Waals surface area contributed by atoms with Crippen LogP contribution in [0.4, 0.5) is 11.4 Å². The summed E-state index contributed by atoms with van der Waals surface area (Å²) >= 11 is 0. The highest BCUT2D eigenvalue weighted by molar-refractivity contribution is 5.90. The second kappa shape index (κ2) is 7.06. The summed E-state index contributed by atoms with van der Waals surface area (Å²) in [5, 5.41) is 3.55. The molecule has 0 atom stereocenters. The summed E-state index contributed by atoms with van der Waals surface area (Å²) in [5.74, 6) is 0. The Bertz CT molecular complexity index is 959. The number of hydrogen-bond acceptors (Lipinski definition) is 1. The summed E-state index contributed by atoms with van der Waals surface area (Å²) in [6, 6.07) is 37.9. The van der Waals surface area contributed by atoms with Crippen molar-refractivity contribution in [2.45, 2.75) is 0 Å². The van der Waals surface area contributed by atoms with Crippen molar-refractivity contribution in [2.24, 2.45) is 0 Å². The Kier molecular flexibility index (Phi) is 4.30. The molecule has 0 aliphatic rings. The molecule has 25 heavy (non-hydrogen) atoms. The SMILES string of the molecule is c1ccc(Nc2ccccc2-c2ccccc2-c2ccccc2)cc1. The lowest BCUT2D eigenvalue weighted by atomic mass is 9.93. The zero-order valence-electron chi connectivity index (χ0n) is 13.9. The molecule has 4 aromatic rings. The van der Waals surface area contributed by atoms with E-state index in [1.54, 1.807) is 0 Å². The van der Waals surface area contributed by atoms with Gasteiger partial charge in [-0.05, 0) is 34.9 Å². The van der Waals surface area contributed by atoms with E-state index >= 15 is 0 Å². The zero-order chi connectivity index (χ0) is 16.9. The molecule has 0 saturated heterocycles. The summed E-state index contributed by atoms with van der Waals surface area (Å²) < 4.78 is 0. The predicted octanol–water partition coefficient (Wildman–Crippen LogP) is 6.76. The molecule has 0 aliphatic carbocycles. The van der Waals surface area contributed by atoms with Crippen LogP contribution in [-0.4, -0.2) is 0 Å². The van der Waals surface area contributed by atoms with E-state index < -0.39 is 0 Å². The number of nitrogens with one attached hydrogen (secondary N) is 1. The fourth-order valence-electron chi connectivity index (χ4n) is 3.09. The molecule has 1 nitrogen and oxygen atoms in total. The first-order valence-corrected chi connectivity index (χ1v) is 8.48. The average Bonchev–Trinajstić information content (AvgIpc) is 2.70. The van der Waals surface area contributed by atoms with Gasteiger partial charge in [0.1, 0.15) is 0 Å². The predicted molar refractivity (Wildman–Crippen MR) is 107 cm³/mol. The maximum absolute atomic E-state index is 3.55. The molecule has 120 valence electrons. The quantitative estimate of drug-likeness (QED) is 0.437. The summed E-state index contributed by atoms with van der Waals surface area (Å²) in [5.41, 5.74) is 7.10. The minimum Gasteiger partial charge on any atom is -0.355 e. The lowest BCUT2D eigenvalue weighted by molar-refractivity contribution is 1.52. The molecule has 0 unspecified atom stereocenters. The number of para-hydroxylation sites is 2. The van der Waals surface area contributed by atoms with Crippen LogP contribution < -0.4 is 5.32 Å². The van der Waals surface area contributed by atoms with Gasteiger partial charge in [-0.1, -0.05) is 91.0 Å². The Hall–Kier alpha value is -3.32. The Labute approximate surface area is 148 Å². The molecule has 4 rings (SSSR count). The van der Waals surface area contributed by atoms with E-state index in [0.29, 0.717) is 0 Å². The highest BCUT2D eigenvalue weighted by Crippen LogP contribution is 2.36. The fourth-order valence-corrected chi connectivity index (χ4v) is 3.09. The Morgan fingerprint density at radius 3 is 1.64 bits per heavy atom. The summed E-state index contributed by atoms with van der Waals surface area (Å²) in [6.07, 6.45) is 0. The van der Waals surface area contributed by atoms with Gasteiger partial charge in [0.05, 0.1) is 0 Å². The van der Waals surface area contributed by atoms with E-state index in [2.05, 4.69) is 96.3 Å². The molecule has 0 amide bonds. The molecule has 0 aliphatic heterocycles. The molecular weight excluding hydrogens is 302 g/mol. The second-order valence-electron chi connectivity index (χ2n) is 5.95. The minimum atomic E-state index is 1.09. The molecule has 4 aromatic carbocycles. The van der Waals surface area contributed by atoms with Gasteiger partial charge in [-0.15, -0.1) is 0 Å². The van der Waals surface area contributed by atoms with Crippen molar-refractivity contribution in [3.63, 3.8) is 0 Å². The van der Waals surface area contributed by atoms with E-state index in [-0.39, 0.29) is 0 Å². The van der Waals surface area contributed by atoms with Gasteiger partial charge in [-0.2, -0.15) is 0 Å². The van der Waals surface area contributed by atoms with Crippen molar-refractivity contribution in [2.75, 3.05) is 5.32 Å². The Morgan fingerprint density at radius 2 is 0.920 bits per heavy atom. The summed E-state index contributed by atoms with van der Waals surface area (Å²) in [7, 11) is 0. The van der Waals surface area contributed by atoms with Crippen molar-refractivity contribution < 1.29 is 0 Å². The molecule has 0 aromatic heterocycles. The number of anilines is 2. The molecule has 1 heteroatoms. The lowest BCUT2D eigenvalue weighted by Gasteiger charge is -2.15. The van der Waals surface area contributed by atoms with E-state index in [1.165, 1.54) is 22.3 Å². The van der Waals surface area contributed by atoms with E-state index in [0.717, 1.165) is 11.4 Å². The molecule has 0 heterocycles. The molecule has 0 fully saturated rings. The standard InChI is InChI=1S/C24H19N/c1-3-11-19(12-4-1)21-15-7-8-16-22(21)23-17-9-10-18-24(23)25-20-13-5-2-6-14-20/h1-18,25H.